The molecule has 0 heterocycles. The zero-order chi connectivity index (χ0) is 14.2. The Hall–Kier alpha value is -0.160. The third-order valence-corrected chi connectivity index (χ3v) is 3.57. The first-order chi connectivity index (χ1) is 8.10. The number of sulfonamides is 2. The molecule has 0 bridgehead atoms. The van der Waals surface area contributed by atoms with E-state index < -0.39 is 28.3 Å². The molecule has 18 heavy (non-hydrogen) atoms. The molecule has 0 aliphatic carbocycles. The minimum Gasteiger partial charge on any atom is -0.213 e. The van der Waals surface area contributed by atoms with E-state index in [1.807, 2.05) is 0 Å². The van der Waals surface area contributed by atoms with E-state index in [0.717, 1.165) is 12.5 Å². The van der Waals surface area contributed by atoms with Gasteiger partial charge in [-0.1, -0.05) is 0 Å². The highest BCUT2D eigenvalue weighted by Gasteiger charge is 2.20. The maximum Gasteiger partial charge on any atom is 0.697 e. The van der Waals surface area contributed by atoms with Gasteiger partial charge in [0.2, 0.25) is 20.0 Å². The second kappa shape index (κ2) is 8.10. The Kier molecular flexibility index (Phi) is 8.03. The van der Waals surface area contributed by atoms with Gasteiger partial charge in [0.25, 0.3) is 0 Å². The Balaban J connectivity index is 3.55. The van der Waals surface area contributed by atoms with Crippen LogP contribution < -0.4 is 9.44 Å². The predicted octanol–water partition coefficient (Wildman–Crippen LogP) is -1.22. The van der Waals surface area contributed by atoms with Crippen LogP contribution in [0.15, 0.2) is 0 Å². The summed E-state index contributed by atoms with van der Waals surface area (Å²) < 4.78 is 67.2. The SMILES string of the molecule is CS(=O)(=O)NCCO[P+](=O)OCCNS(C)(=O)=O. The third kappa shape index (κ3) is 13.9. The molecule has 0 rings (SSSR count). The van der Waals surface area contributed by atoms with Crippen molar-refractivity contribution in [1.82, 2.24) is 9.44 Å². The van der Waals surface area contributed by atoms with Crippen molar-refractivity contribution in [2.75, 3.05) is 38.8 Å². The molecule has 0 aromatic heterocycles. The normalized spacial score (nSPS) is 12.6. The highest BCUT2D eigenvalue weighted by atomic mass is 32.2. The van der Waals surface area contributed by atoms with Gasteiger partial charge < -0.3 is 0 Å². The third-order valence-electron chi connectivity index (χ3n) is 1.33. The summed E-state index contributed by atoms with van der Waals surface area (Å²) in [5.41, 5.74) is 0. The molecule has 2 N–H and O–H groups in total. The van der Waals surface area contributed by atoms with E-state index >= 15 is 0 Å². The van der Waals surface area contributed by atoms with E-state index in [1.165, 1.54) is 0 Å². The van der Waals surface area contributed by atoms with Crippen LogP contribution in [0.4, 0.5) is 0 Å². The van der Waals surface area contributed by atoms with E-state index in [1.54, 1.807) is 0 Å². The predicted molar refractivity (Wildman–Crippen MR) is 65.2 cm³/mol. The van der Waals surface area contributed by atoms with Crippen molar-refractivity contribution in [3.63, 3.8) is 0 Å². The highest BCUT2D eigenvalue weighted by molar-refractivity contribution is 7.89. The minimum absolute atomic E-state index is 0.0230. The first kappa shape index (κ1) is 17.8. The van der Waals surface area contributed by atoms with Crippen molar-refractivity contribution >= 4 is 28.3 Å². The summed E-state index contributed by atoms with van der Waals surface area (Å²) in [5.74, 6) is 0. The Morgan fingerprint density at radius 1 is 0.889 bits per heavy atom. The van der Waals surface area contributed by atoms with Gasteiger partial charge in [-0.2, -0.15) is 0 Å². The van der Waals surface area contributed by atoms with Gasteiger partial charge >= 0.3 is 8.25 Å². The van der Waals surface area contributed by atoms with Crippen molar-refractivity contribution in [1.29, 1.82) is 0 Å². The Morgan fingerprint density at radius 3 is 1.50 bits per heavy atom. The van der Waals surface area contributed by atoms with Crippen LogP contribution in [0, 0.1) is 0 Å². The first-order valence-electron chi connectivity index (χ1n) is 4.72. The van der Waals surface area contributed by atoms with Crippen LogP contribution in [-0.2, 0) is 33.7 Å². The van der Waals surface area contributed by atoms with Gasteiger partial charge in [-0.3, -0.25) is 0 Å². The monoisotopic (exact) mass is 323 g/mol. The zero-order valence-electron chi connectivity index (χ0n) is 9.95. The first-order valence-corrected chi connectivity index (χ1v) is 9.60. The fourth-order valence-corrected chi connectivity index (χ4v) is 2.20. The van der Waals surface area contributed by atoms with Gasteiger partial charge in [-0.15, -0.1) is 9.05 Å². The topological polar surface area (TPSA) is 128 Å². The summed E-state index contributed by atoms with van der Waals surface area (Å²) in [4.78, 5) is 0. The Morgan fingerprint density at radius 2 is 1.22 bits per heavy atom. The van der Waals surface area contributed by atoms with Crippen LogP contribution in [0.2, 0.25) is 0 Å². The molecule has 0 aromatic rings. The lowest BCUT2D eigenvalue weighted by Crippen LogP contribution is -2.26. The summed E-state index contributed by atoms with van der Waals surface area (Å²) in [5, 5.41) is 0. The van der Waals surface area contributed by atoms with Gasteiger partial charge in [-0.25, -0.2) is 26.3 Å². The Labute approximate surface area is 107 Å². The van der Waals surface area contributed by atoms with Gasteiger partial charge in [0.1, 0.15) is 13.2 Å². The smallest absolute Gasteiger partial charge is 0.213 e. The molecule has 0 unspecified atom stereocenters. The summed E-state index contributed by atoms with van der Waals surface area (Å²) in [6.07, 6.45) is 1.97. The molecular formula is C6H16N2O7PS2+. The highest BCUT2D eigenvalue weighted by Crippen LogP contribution is 2.22. The molecule has 0 atom stereocenters. The van der Waals surface area contributed by atoms with E-state index in [2.05, 4.69) is 18.5 Å². The molecule has 12 heteroatoms. The second-order valence-corrected chi connectivity index (χ2v) is 7.85. The maximum atomic E-state index is 11.0. The lowest BCUT2D eigenvalue weighted by atomic mass is 10.8. The van der Waals surface area contributed by atoms with Gasteiger partial charge in [0.05, 0.1) is 12.5 Å². The van der Waals surface area contributed by atoms with Crippen LogP contribution in [0.3, 0.4) is 0 Å². The van der Waals surface area contributed by atoms with Crippen LogP contribution in [0.1, 0.15) is 0 Å². The summed E-state index contributed by atoms with van der Waals surface area (Å²) in [7, 11) is -9.00. The Bertz CT molecular complexity index is 418. The van der Waals surface area contributed by atoms with E-state index in [0.29, 0.717) is 0 Å². The van der Waals surface area contributed by atoms with Crippen molar-refractivity contribution in [3.8, 4) is 0 Å². The fraction of sp³-hybridized carbons (Fsp3) is 1.00. The number of nitrogens with one attached hydrogen (secondary N) is 2. The number of rotatable bonds is 10. The standard InChI is InChI=1S/C6H16N2O7PS2/c1-17(10,11)7-3-5-14-16(9)15-6-4-8-18(2,12)13/h7-8H,3-6H2,1-2H3/q+1. The van der Waals surface area contributed by atoms with Gasteiger partial charge in [-0.05, 0) is 0 Å². The molecule has 0 spiro atoms. The molecular weight excluding hydrogens is 307 g/mol. The fourth-order valence-electron chi connectivity index (χ4n) is 0.732. The molecule has 108 valence electrons. The largest absolute Gasteiger partial charge is 0.697 e. The molecule has 0 saturated carbocycles. The van der Waals surface area contributed by atoms with Crippen LogP contribution in [0.25, 0.3) is 0 Å². The lowest BCUT2D eigenvalue weighted by molar-refractivity contribution is 0.231. The average molecular weight is 323 g/mol. The quantitative estimate of drug-likeness (QED) is 0.381. The molecule has 0 saturated heterocycles. The number of hydrogen-bond acceptors (Lipinski definition) is 7. The summed E-state index contributed by atoms with van der Waals surface area (Å²) in [6, 6.07) is 0. The van der Waals surface area contributed by atoms with Crippen molar-refractivity contribution < 1.29 is 30.4 Å². The molecule has 0 fully saturated rings. The molecule has 0 aliphatic rings. The molecule has 9 nitrogen and oxygen atoms in total. The van der Waals surface area contributed by atoms with Crippen LogP contribution >= 0.6 is 8.25 Å². The van der Waals surface area contributed by atoms with Crippen LogP contribution in [-0.4, -0.2) is 55.7 Å². The molecule has 0 radical (unpaired) electrons. The van der Waals surface area contributed by atoms with E-state index in [9.17, 15) is 21.4 Å². The van der Waals surface area contributed by atoms with Crippen molar-refractivity contribution in [3.05, 3.63) is 0 Å². The second-order valence-electron chi connectivity index (χ2n) is 3.22. The molecule has 0 amide bonds. The van der Waals surface area contributed by atoms with Gasteiger partial charge in [0.15, 0.2) is 0 Å². The average Bonchev–Trinajstić information content (AvgIpc) is 2.17. The van der Waals surface area contributed by atoms with Gasteiger partial charge in [0, 0.05) is 17.7 Å². The zero-order valence-corrected chi connectivity index (χ0v) is 12.5. The van der Waals surface area contributed by atoms with E-state index in [4.69, 9.17) is 0 Å². The van der Waals surface area contributed by atoms with Crippen molar-refractivity contribution in [2.45, 2.75) is 0 Å². The van der Waals surface area contributed by atoms with Crippen molar-refractivity contribution in [2.24, 2.45) is 0 Å². The molecule has 0 aliphatic heterocycles. The van der Waals surface area contributed by atoms with Crippen LogP contribution in [0.5, 0.6) is 0 Å². The lowest BCUT2D eigenvalue weighted by Gasteiger charge is -1.98. The molecule has 0 aromatic carbocycles. The minimum atomic E-state index is -3.30. The van der Waals surface area contributed by atoms with E-state index in [-0.39, 0.29) is 26.3 Å². The summed E-state index contributed by atoms with van der Waals surface area (Å²) in [6.45, 7) is -0.265. The maximum absolute atomic E-state index is 11.0. The summed E-state index contributed by atoms with van der Waals surface area (Å²) >= 11 is 0. The number of hydrogen-bond donors (Lipinski definition) is 2.